The highest BCUT2D eigenvalue weighted by atomic mass is 32.2. The SMILES string of the molecule is CCC(N)CSCc1nnc(-c2ccco2)o1. The minimum absolute atomic E-state index is 0.229. The second-order valence-electron chi connectivity index (χ2n) is 3.66. The smallest absolute Gasteiger partial charge is 0.283 e. The van der Waals surface area contributed by atoms with Gasteiger partial charge >= 0.3 is 0 Å². The van der Waals surface area contributed by atoms with Gasteiger partial charge in [-0.1, -0.05) is 6.92 Å². The number of thioether (sulfide) groups is 1. The first-order valence-corrected chi connectivity index (χ1v) is 6.64. The Bertz CT molecular complexity index is 441. The molecule has 0 aliphatic heterocycles. The lowest BCUT2D eigenvalue weighted by Crippen LogP contribution is -2.21. The van der Waals surface area contributed by atoms with Crippen LogP contribution in [0.1, 0.15) is 19.2 Å². The van der Waals surface area contributed by atoms with Crippen LogP contribution in [0.4, 0.5) is 0 Å². The van der Waals surface area contributed by atoms with Crippen molar-refractivity contribution in [2.75, 3.05) is 5.75 Å². The van der Waals surface area contributed by atoms with Crippen molar-refractivity contribution < 1.29 is 8.83 Å². The van der Waals surface area contributed by atoms with E-state index >= 15 is 0 Å². The van der Waals surface area contributed by atoms with Crippen LogP contribution in [0.15, 0.2) is 27.2 Å². The fourth-order valence-corrected chi connectivity index (χ4v) is 2.17. The van der Waals surface area contributed by atoms with E-state index in [9.17, 15) is 0 Å². The molecule has 0 amide bonds. The number of hydrogen-bond donors (Lipinski definition) is 1. The van der Waals surface area contributed by atoms with Crippen molar-refractivity contribution in [1.82, 2.24) is 10.2 Å². The summed E-state index contributed by atoms with van der Waals surface area (Å²) in [5.74, 6) is 3.20. The Morgan fingerprint density at radius 1 is 1.47 bits per heavy atom. The van der Waals surface area contributed by atoms with Gasteiger partial charge < -0.3 is 14.6 Å². The van der Waals surface area contributed by atoms with E-state index in [0.29, 0.717) is 23.3 Å². The Morgan fingerprint density at radius 2 is 2.35 bits per heavy atom. The van der Waals surface area contributed by atoms with E-state index in [1.54, 1.807) is 30.2 Å². The second kappa shape index (κ2) is 5.88. The molecule has 0 aliphatic rings. The number of furan rings is 1. The lowest BCUT2D eigenvalue weighted by Gasteiger charge is -2.05. The molecule has 5 nitrogen and oxygen atoms in total. The zero-order chi connectivity index (χ0) is 12.1. The van der Waals surface area contributed by atoms with Crippen LogP contribution in [0, 0.1) is 0 Å². The van der Waals surface area contributed by atoms with E-state index in [-0.39, 0.29) is 6.04 Å². The minimum atomic E-state index is 0.229. The van der Waals surface area contributed by atoms with Crippen LogP contribution in [0.5, 0.6) is 0 Å². The van der Waals surface area contributed by atoms with Gasteiger partial charge in [0, 0.05) is 11.8 Å². The molecular weight excluding hydrogens is 238 g/mol. The van der Waals surface area contributed by atoms with Crippen molar-refractivity contribution in [3.63, 3.8) is 0 Å². The van der Waals surface area contributed by atoms with E-state index in [4.69, 9.17) is 14.6 Å². The van der Waals surface area contributed by atoms with Crippen LogP contribution in [-0.4, -0.2) is 22.0 Å². The quantitative estimate of drug-likeness (QED) is 0.851. The number of nitrogens with two attached hydrogens (primary N) is 1. The second-order valence-corrected chi connectivity index (χ2v) is 4.69. The van der Waals surface area contributed by atoms with Crippen LogP contribution in [0.25, 0.3) is 11.7 Å². The summed E-state index contributed by atoms with van der Waals surface area (Å²) in [6, 6.07) is 3.80. The van der Waals surface area contributed by atoms with E-state index in [2.05, 4.69) is 17.1 Å². The lowest BCUT2D eigenvalue weighted by atomic mass is 10.3. The highest BCUT2D eigenvalue weighted by Crippen LogP contribution is 2.20. The summed E-state index contributed by atoms with van der Waals surface area (Å²) < 4.78 is 10.6. The van der Waals surface area contributed by atoms with Gasteiger partial charge in [-0.3, -0.25) is 0 Å². The summed E-state index contributed by atoms with van der Waals surface area (Å²) in [5, 5.41) is 7.88. The van der Waals surface area contributed by atoms with Crippen LogP contribution in [-0.2, 0) is 5.75 Å². The number of aromatic nitrogens is 2. The molecule has 0 aromatic carbocycles. The molecule has 1 unspecified atom stereocenters. The third-order valence-corrected chi connectivity index (χ3v) is 3.40. The average molecular weight is 253 g/mol. The van der Waals surface area contributed by atoms with Gasteiger partial charge in [0.1, 0.15) is 0 Å². The Morgan fingerprint density at radius 3 is 3.06 bits per heavy atom. The molecule has 2 heterocycles. The maximum Gasteiger partial charge on any atom is 0.283 e. The van der Waals surface area contributed by atoms with Crippen molar-refractivity contribution in [2.45, 2.75) is 25.1 Å². The van der Waals surface area contributed by atoms with Crippen LogP contribution in [0.3, 0.4) is 0 Å². The highest BCUT2D eigenvalue weighted by molar-refractivity contribution is 7.98. The maximum absolute atomic E-state index is 5.82. The van der Waals surface area contributed by atoms with E-state index in [1.807, 2.05) is 0 Å². The summed E-state index contributed by atoms with van der Waals surface area (Å²) in [6.45, 7) is 2.08. The van der Waals surface area contributed by atoms with Crippen molar-refractivity contribution in [3.8, 4) is 11.7 Å². The fraction of sp³-hybridized carbons (Fsp3) is 0.455. The molecule has 0 spiro atoms. The first-order valence-electron chi connectivity index (χ1n) is 5.49. The monoisotopic (exact) mass is 253 g/mol. The molecule has 2 aromatic heterocycles. The third kappa shape index (κ3) is 3.34. The molecule has 0 bridgehead atoms. The van der Waals surface area contributed by atoms with Crippen molar-refractivity contribution in [1.29, 1.82) is 0 Å². The molecule has 0 aliphatic carbocycles. The zero-order valence-corrected chi connectivity index (χ0v) is 10.4. The van der Waals surface area contributed by atoms with Crippen LogP contribution >= 0.6 is 11.8 Å². The summed E-state index contributed by atoms with van der Waals surface area (Å²) >= 11 is 1.70. The highest BCUT2D eigenvalue weighted by Gasteiger charge is 2.10. The molecule has 2 aromatic rings. The molecule has 2 N–H and O–H groups in total. The molecule has 0 radical (unpaired) electrons. The van der Waals surface area contributed by atoms with Crippen LogP contribution < -0.4 is 5.73 Å². The largest absolute Gasteiger partial charge is 0.459 e. The summed E-state index contributed by atoms with van der Waals surface area (Å²) in [6.07, 6.45) is 2.56. The summed E-state index contributed by atoms with van der Waals surface area (Å²) in [5.41, 5.74) is 5.82. The fourth-order valence-electron chi connectivity index (χ4n) is 1.23. The number of hydrogen-bond acceptors (Lipinski definition) is 6. The van der Waals surface area contributed by atoms with Gasteiger partial charge in [-0.2, -0.15) is 11.8 Å². The van der Waals surface area contributed by atoms with Crippen LogP contribution in [0.2, 0.25) is 0 Å². The normalized spacial score (nSPS) is 12.8. The van der Waals surface area contributed by atoms with Crippen molar-refractivity contribution in [2.24, 2.45) is 5.73 Å². The first kappa shape index (κ1) is 12.2. The molecule has 17 heavy (non-hydrogen) atoms. The molecular formula is C11H15N3O2S. The molecule has 0 fully saturated rings. The molecule has 0 saturated carbocycles. The maximum atomic E-state index is 5.82. The first-order chi connectivity index (χ1) is 8.29. The number of nitrogens with zero attached hydrogens (tertiary/aromatic N) is 2. The van der Waals surface area contributed by atoms with Gasteiger partial charge in [-0.15, -0.1) is 10.2 Å². The third-order valence-electron chi connectivity index (χ3n) is 2.28. The van der Waals surface area contributed by atoms with Gasteiger partial charge in [-0.05, 0) is 18.6 Å². The lowest BCUT2D eigenvalue weighted by molar-refractivity contribution is 0.494. The van der Waals surface area contributed by atoms with Crippen molar-refractivity contribution >= 4 is 11.8 Å². The average Bonchev–Trinajstić information content (AvgIpc) is 2.98. The molecule has 0 saturated heterocycles. The van der Waals surface area contributed by atoms with Gasteiger partial charge in [-0.25, -0.2) is 0 Å². The minimum Gasteiger partial charge on any atom is -0.459 e. The summed E-state index contributed by atoms with van der Waals surface area (Å²) in [4.78, 5) is 0. The Labute approximate surface area is 104 Å². The Balaban J connectivity index is 1.87. The van der Waals surface area contributed by atoms with E-state index in [1.165, 1.54) is 0 Å². The molecule has 1 atom stereocenters. The zero-order valence-electron chi connectivity index (χ0n) is 9.63. The number of rotatable bonds is 6. The Hall–Kier alpha value is -1.27. The predicted molar refractivity (Wildman–Crippen MR) is 66.4 cm³/mol. The van der Waals surface area contributed by atoms with Gasteiger partial charge in [0.15, 0.2) is 5.76 Å². The van der Waals surface area contributed by atoms with Gasteiger partial charge in [0.05, 0.1) is 12.0 Å². The van der Waals surface area contributed by atoms with E-state index in [0.717, 1.165) is 12.2 Å². The van der Waals surface area contributed by atoms with Crippen molar-refractivity contribution in [3.05, 3.63) is 24.3 Å². The van der Waals surface area contributed by atoms with Gasteiger partial charge in [0.2, 0.25) is 5.89 Å². The Kier molecular flexibility index (Phi) is 4.22. The summed E-state index contributed by atoms with van der Waals surface area (Å²) in [7, 11) is 0. The molecule has 6 heteroatoms. The predicted octanol–water partition coefficient (Wildman–Crippen LogP) is 2.30. The topological polar surface area (TPSA) is 78.1 Å². The molecule has 92 valence electrons. The molecule has 2 rings (SSSR count). The van der Waals surface area contributed by atoms with E-state index < -0.39 is 0 Å². The van der Waals surface area contributed by atoms with Gasteiger partial charge in [0.25, 0.3) is 5.89 Å². The standard InChI is InChI=1S/C11H15N3O2S/c1-2-8(12)6-17-7-10-13-14-11(16-10)9-4-3-5-15-9/h3-5,8H,2,6-7,12H2,1H3.